The molecule has 1 N–H and O–H groups in total. The minimum absolute atomic E-state index is 0.475. The zero-order valence-corrected chi connectivity index (χ0v) is 10.6. The Hall–Kier alpha value is -2.50. The number of nitrogens with zero attached hydrogens (tertiary/aromatic N) is 3. The molecule has 0 atom stereocenters. The van der Waals surface area contributed by atoms with Crippen molar-refractivity contribution in [2.24, 2.45) is 5.16 Å². The minimum Gasteiger partial charge on any atom is -0.479 e. The Kier molecular flexibility index (Phi) is 3.70. The van der Waals surface area contributed by atoms with E-state index in [9.17, 15) is 4.79 Å². The van der Waals surface area contributed by atoms with Crippen molar-refractivity contribution in [1.82, 2.24) is 9.97 Å². The lowest BCUT2D eigenvalue weighted by molar-refractivity contribution is -0.142. The van der Waals surface area contributed by atoms with Gasteiger partial charge in [0.2, 0.25) is 6.61 Å². The normalized spacial score (nSPS) is 11.6. The number of para-hydroxylation sites is 2. The summed E-state index contributed by atoms with van der Waals surface area (Å²) in [4.78, 5) is 23.9. The molecule has 0 unspecified atom stereocenters. The molecule has 0 aliphatic carbocycles. The Morgan fingerprint density at radius 3 is 2.58 bits per heavy atom. The molecule has 0 amide bonds. The molecule has 6 nitrogen and oxygen atoms in total. The lowest BCUT2D eigenvalue weighted by atomic mass is 10.2. The van der Waals surface area contributed by atoms with Crippen LogP contribution in [0, 0.1) is 6.92 Å². The van der Waals surface area contributed by atoms with Gasteiger partial charge in [-0.05, 0) is 26.0 Å². The summed E-state index contributed by atoms with van der Waals surface area (Å²) in [7, 11) is 0. The number of aliphatic carboxylic acids is 1. The van der Waals surface area contributed by atoms with Crippen LogP contribution in [0.1, 0.15) is 18.3 Å². The standard InChI is InChI=1S/C13H13N3O3/c1-8-13(9(2)16-19-7-12(17)18)15-11-6-4-3-5-10(11)14-8/h3-6H,7H2,1-2H3,(H,17,18). The van der Waals surface area contributed by atoms with Crippen molar-refractivity contribution in [3.8, 4) is 0 Å². The van der Waals surface area contributed by atoms with Gasteiger partial charge in [0.15, 0.2) is 0 Å². The second kappa shape index (κ2) is 5.43. The fourth-order valence-electron chi connectivity index (χ4n) is 1.66. The van der Waals surface area contributed by atoms with Gasteiger partial charge in [0.05, 0.1) is 16.7 Å². The molecule has 1 heterocycles. The van der Waals surface area contributed by atoms with Gasteiger partial charge in [-0.2, -0.15) is 0 Å². The SMILES string of the molecule is CC(=NOCC(=O)O)c1nc2ccccc2nc1C. The third-order valence-electron chi connectivity index (χ3n) is 2.48. The van der Waals surface area contributed by atoms with Gasteiger partial charge >= 0.3 is 5.97 Å². The summed E-state index contributed by atoms with van der Waals surface area (Å²) in [6, 6.07) is 7.51. The van der Waals surface area contributed by atoms with Gasteiger partial charge in [-0.25, -0.2) is 14.8 Å². The lowest BCUT2D eigenvalue weighted by Crippen LogP contribution is -2.08. The van der Waals surface area contributed by atoms with Crippen molar-refractivity contribution in [2.45, 2.75) is 13.8 Å². The van der Waals surface area contributed by atoms with Crippen molar-refractivity contribution in [3.63, 3.8) is 0 Å². The van der Waals surface area contributed by atoms with Crippen LogP contribution < -0.4 is 0 Å². The topological polar surface area (TPSA) is 84.7 Å². The molecular weight excluding hydrogens is 246 g/mol. The summed E-state index contributed by atoms with van der Waals surface area (Å²) in [6.07, 6.45) is 0. The van der Waals surface area contributed by atoms with E-state index in [4.69, 9.17) is 9.94 Å². The highest BCUT2D eigenvalue weighted by atomic mass is 16.6. The van der Waals surface area contributed by atoms with Crippen molar-refractivity contribution < 1.29 is 14.7 Å². The number of fused-ring (bicyclic) bond motifs is 1. The molecule has 0 saturated heterocycles. The highest BCUT2D eigenvalue weighted by Crippen LogP contribution is 2.13. The average Bonchev–Trinajstić information content (AvgIpc) is 2.37. The maximum atomic E-state index is 10.3. The molecule has 0 bridgehead atoms. The molecule has 0 aliphatic heterocycles. The van der Waals surface area contributed by atoms with Crippen molar-refractivity contribution in [2.75, 3.05) is 6.61 Å². The maximum Gasteiger partial charge on any atom is 0.344 e. The fraction of sp³-hybridized carbons (Fsp3) is 0.231. The van der Waals surface area contributed by atoms with Crippen LogP contribution in [0.4, 0.5) is 0 Å². The summed E-state index contributed by atoms with van der Waals surface area (Å²) in [5.41, 5.74) is 3.39. The van der Waals surface area contributed by atoms with Crippen LogP contribution >= 0.6 is 0 Å². The third-order valence-corrected chi connectivity index (χ3v) is 2.48. The molecule has 2 rings (SSSR count). The first-order chi connectivity index (χ1) is 9.08. The Morgan fingerprint density at radius 2 is 1.95 bits per heavy atom. The van der Waals surface area contributed by atoms with Gasteiger partial charge < -0.3 is 9.94 Å². The van der Waals surface area contributed by atoms with Crippen LogP contribution in [0.2, 0.25) is 0 Å². The summed E-state index contributed by atoms with van der Waals surface area (Å²) in [5.74, 6) is -1.07. The number of benzene rings is 1. The second-order valence-electron chi connectivity index (χ2n) is 3.99. The number of carboxylic acids is 1. The second-order valence-corrected chi connectivity index (χ2v) is 3.99. The largest absolute Gasteiger partial charge is 0.479 e. The van der Waals surface area contributed by atoms with E-state index in [1.807, 2.05) is 31.2 Å². The van der Waals surface area contributed by atoms with Gasteiger partial charge in [0, 0.05) is 0 Å². The lowest BCUT2D eigenvalue weighted by Gasteiger charge is -2.05. The highest BCUT2D eigenvalue weighted by molar-refractivity contribution is 5.98. The molecule has 1 aromatic carbocycles. The molecule has 0 fully saturated rings. The molecule has 0 radical (unpaired) electrons. The maximum absolute atomic E-state index is 10.3. The Morgan fingerprint density at radius 1 is 1.32 bits per heavy atom. The number of carbonyl (C=O) groups is 1. The highest BCUT2D eigenvalue weighted by Gasteiger charge is 2.08. The fourth-order valence-corrected chi connectivity index (χ4v) is 1.66. The van der Waals surface area contributed by atoms with E-state index in [-0.39, 0.29) is 0 Å². The van der Waals surface area contributed by atoms with E-state index in [0.717, 1.165) is 16.7 Å². The van der Waals surface area contributed by atoms with E-state index in [0.29, 0.717) is 11.4 Å². The molecule has 98 valence electrons. The number of aryl methyl sites for hydroxylation is 1. The smallest absolute Gasteiger partial charge is 0.344 e. The summed E-state index contributed by atoms with van der Waals surface area (Å²) in [5, 5.41) is 12.2. The van der Waals surface area contributed by atoms with E-state index in [2.05, 4.69) is 15.1 Å². The van der Waals surface area contributed by atoms with Crippen LogP contribution in [-0.4, -0.2) is 33.4 Å². The molecule has 0 aliphatic rings. The number of hydrogen-bond donors (Lipinski definition) is 1. The quantitative estimate of drug-likeness (QED) is 0.668. The van der Waals surface area contributed by atoms with E-state index >= 15 is 0 Å². The van der Waals surface area contributed by atoms with Crippen LogP contribution in [0.3, 0.4) is 0 Å². The molecule has 2 aromatic rings. The number of carboxylic acid groups (broad SMARTS) is 1. The first-order valence-corrected chi connectivity index (χ1v) is 5.70. The first kappa shape index (κ1) is 12.9. The first-order valence-electron chi connectivity index (χ1n) is 5.70. The van der Waals surface area contributed by atoms with Crippen molar-refractivity contribution >= 4 is 22.7 Å². The van der Waals surface area contributed by atoms with Crippen molar-refractivity contribution in [3.05, 3.63) is 35.7 Å². The number of hydrogen-bond acceptors (Lipinski definition) is 5. The Balaban J connectivity index is 2.33. The van der Waals surface area contributed by atoms with Gasteiger partial charge in [0.1, 0.15) is 11.4 Å². The molecule has 19 heavy (non-hydrogen) atoms. The van der Waals surface area contributed by atoms with Gasteiger partial charge in [0.25, 0.3) is 0 Å². The molecule has 1 aromatic heterocycles. The monoisotopic (exact) mass is 259 g/mol. The molecule has 6 heteroatoms. The zero-order valence-electron chi connectivity index (χ0n) is 10.6. The number of aromatic nitrogens is 2. The van der Waals surface area contributed by atoms with Crippen LogP contribution in [-0.2, 0) is 9.63 Å². The molecule has 0 spiro atoms. The van der Waals surface area contributed by atoms with E-state index < -0.39 is 12.6 Å². The molecular formula is C13H13N3O3. The average molecular weight is 259 g/mol. The third kappa shape index (κ3) is 3.04. The predicted octanol–water partition coefficient (Wildman–Crippen LogP) is 1.76. The van der Waals surface area contributed by atoms with Gasteiger partial charge in [-0.1, -0.05) is 17.3 Å². The minimum atomic E-state index is -1.07. The van der Waals surface area contributed by atoms with E-state index in [1.54, 1.807) is 6.92 Å². The zero-order chi connectivity index (χ0) is 13.8. The Bertz CT molecular complexity index is 653. The van der Waals surface area contributed by atoms with Crippen LogP contribution in [0.15, 0.2) is 29.4 Å². The van der Waals surface area contributed by atoms with Crippen molar-refractivity contribution in [1.29, 1.82) is 0 Å². The van der Waals surface area contributed by atoms with Gasteiger partial charge in [-0.3, -0.25) is 0 Å². The number of rotatable bonds is 4. The summed E-state index contributed by atoms with van der Waals surface area (Å²) >= 11 is 0. The summed E-state index contributed by atoms with van der Waals surface area (Å²) < 4.78 is 0. The Labute approximate surface area is 109 Å². The van der Waals surface area contributed by atoms with Crippen LogP contribution in [0.25, 0.3) is 11.0 Å². The summed E-state index contributed by atoms with van der Waals surface area (Å²) in [6.45, 7) is 3.05. The number of oxime groups is 1. The van der Waals surface area contributed by atoms with Crippen LogP contribution in [0.5, 0.6) is 0 Å². The molecule has 0 saturated carbocycles. The predicted molar refractivity (Wildman–Crippen MR) is 70.1 cm³/mol. The van der Waals surface area contributed by atoms with Gasteiger partial charge in [-0.15, -0.1) is 0 Å². The van der Waals surface area contributed by atoms with E-state index in [1.165, 1.54) is 0 Å².